The zero-order chi connectivity index (χ0) is 14.5. The molecule has 1 heterocycles. The zero-order valence-electron chi connectivity index (χ0n) is 11.8. The van der Waals surface area contributed by atoms with E-state index in [2.05, 4.69) is 0 Å². The van der Waals surface area contributed by atoms with E-state index in [1.807, 2.05) is 6.92 Å². The van der Waals surface area contributed by atoms with Crippen LogP contribution in [-0.2, 0) is 9.47 Å². The van der Waals surface area contributed by atoms with Gasteiger partial charge in [0.15, 0.2) is 0 Å². The van der Waals surface area contributed by atoms with Crippen LogP contribution < -0.4 is 0 Å². The molecule has 1 aliphatic rings. The van der Waals surface area contributed by atoms with E-state index in [1.54, 1.807) is 31.4 Å². The lowest BCUT2D eigenvalue weighted by Crippen LogP contribution is -2.33. The Morgan fingerprint density at radius 1 is 1.15 bits per heavy atom. The number of rotatable bonds is 7. The van der Waals surface area contributed by atoms with Crippen molar-refractivity contribution < 1.29 is 19.1 Å². The van der Waals surface area contributed by atoms with Crippen molar-refractivity contribution in [2.24, 2.45) is 0 Å². The summed E-state index contributed by atoms with van der Waals surface area (Å²) in [6.45, 7) is 3.08. The number of fused-ring (bicyclic) bond motifs is 1. The maximum atomic E-state index is 12.1. The Balaban J connectivity index is 1.87. The summed E-state index contributed by atoms with van der Waals surface area (Å²) < 4.78 is 10.7. The molecule has 1 aliphatic heterocycles. The summed E-state index contributed by atoms with van der Waals surface area (Å²) >= 11 is 0. The van der Waals surface area contributed by atoms with Gasteiger partial charge in [-0.1, -0.05) is 19.1 Å². The molecule has 5 nitrogen and oxygen atoms in total. The van der Waals surface area contributed by atoms with E-state index in [0.717, 1.165) is 6.42 Å². The van der Waals surface area contributed by atoms with Gasteiger partial charge in [-0.15, -0.1) is 0 Å². The Kier molecular flexibility index (Phi) is 4.87. The Morgan fingerprint density at radius 2 is 1.75 bits per heavy atom. The van der Waals surface area contributed by atoms with Crippen LogP contribution in [0, 0.1) is 0 Å². The van der Waals surface area contributed by atoms with Crippen molar-refractivity contribution >= 4 is 11.8 Å². The fourth-order valence-corrected chi connectivity index (χ4v) is 2.17. The van der Waals surface area contributed by atoms with Crippen LogP contribution in [-0.4, -0.2) is 49.7 Å². The summed E-state index contributed by atoms with van der Waals surface area (Å²) in [5, 5.41) is 0. The largest absolute Gasteiger partial charge is 0.379 e. The first-order valence-electron chi connectivity index (χ1n) is 6.74. The van der Waals surface area contributed by atoms with Crippen molar-refractivity contribution in [3.05, 3.63) is 35.4 Å². The van der Waals surface area contributed by atoms with Crippen molar-refractivity contribution in [3.8, 4) is 0 Å². The zero-order valence-corrected chi connectivity index (χ0v) is 11.8. The topological polar surface area (TPSA) is 55.8 Å². The molecule has 0 N–H and O–H groups in total. The minimum Gasteiger partial charge on any atom is -0.379 e. The average Bonchev–Trinajstić information content (AvgIpc) is 2.72. The standard InChI is InChI=1S/C15H19NO4/c1-3-11(19-2)10-20-9-8-16-14(17)12-6-4-5-7-13(12)15(16)18/h4-7,11H,3,8-10H2,1-2H3. The first-order chi connectivity index (χ1) is 9.69. The third-order valence-electron chi connectivity index (χ3n) is 3.43. The van der Waals surface area contributed by atoms with E-state index < -0.39 is 0 Å². The molecule has 0 radical (unpaired) electrons. The van der Waals surface area contributed by atoms with Gasteiger partial charge in [0, 0.05) is 7.11 Å². The molecule has 0 saturated carbocycles. The van der Waals surface area contributed by atoms with E-state index in [4.69, 9.17) is 9.47 Å². The predicted octanol–water partition coefficient (Wildman–Crippen LogP) is 1.72. The Labute approximate surface area is 118 Å². The molecule has 0 aliphatic carbocycles. The third kappa shape index (κ3) is 2.89. The third-order valence-corrected chi connectivity index (χ3v) is 3.43. The number of carbonyl (C=O) groups is 2. The minimum absolute atomic E-state index is 0.0529. The summed E-state index contributed by atoms with van der Waals surface area (Å²) in [4.78, 5) is 25.4. The minimum atomic E-state index is -0.243. The number of ether oxygens (including phenoxy) is 2. The quantitative estimate of drug-likeness (QED) is 0.562. The lowest BCUT2D eigenvalue weighted by molar-refractivity contribution is 0.00241. The fourth-order valence-electron chi connectivity index (χ4n) is 2.17. The summed E-state index contributed by atoms with van der Waals surface area (Å²) in [5.41, 5.74) is 0.946. The van der Waals surface area contributed by atoms with Gasteiger partial charge in [-0.2, -0.15) is 0 Å². The highest BCUT2D eigenvalue weighted by atomic mass is 16.5. The second-order valence-corrected chi connectivity index (χ2v) is 4.65. The van der Waals surface area contributed by atoms with Gasteiger partial charge in [0.2, 0.25) is 0 Å². The highest BCUT2D eigenvalue weighted by Gasteiger charge is 2.34. The number of amides is 2. The molecular formula is C15H19NO4. The summed E-state index contributed by atoms with van der Waals surface area (Å²) in [7, 11) is 1.64. The van der Waals surface area contributed by atoms with Gasteiger partial charge in [-0.05, 0) is 18.6 Å². The molecule has 0 bridgehead atoms. The van der Waals surface area contributed by atoms with Crippen LogP contribution in [0.5, 0.6) is 0 Å². The van der Waals surface area contributed by atoms with E-state index in [-0.39, 0.29) is 24.5 Å². The van der Waals surface area contributed by atoms with Crippen LogP contribution in [0.15, 0.2) is 24.3 Å². The van der Waals surface area contributed by atoms with Crippen LogP contribution in [0.1, 0.15) is 34.1 Å². The molecule has 0 saturated heterocycles. The lowest BCUT2D eigenvalue weighted by atomic mass is 10.1. The van der Waals surface area contributed by atoms with Crippen molar-refractivity contribution in [2.75, 3.05) is 26.9 Å². The highest BCUT2D eigenvalue weighted by molar-refractivity contribution is 6.21. The van der Waals surface area contributed by atoms with Crippen molar-refractivity contribution in [3.63, 3.8) is 0 Å². The van der Waals surface area contributed by atoms with E-state index in [1.165, 1.54) is 4.90 Å². The van der Waals surface area contributed by atoms with Crippen LogP contribution in [0.3, 0.4) is 0 Å². The predicted molar refractivity (Wildman–Crippen MR) is 73.7 cm³/mol. The van der Waals surface area contributed by atoms with Crippen LogP contribution in [0.2, 0.25) is 0 Å². The average molecular weight is 277 g/mol. The van der Waals surface area contributed by atoms with E-state index in [0.29, 0.717) is 24.3 Å². The van der Waals surface area contributed by atoms with Gasteiger partial charge in [-0.3, -0.25) is 14.5 Å². The van der Waals surface area contributed by atoms with Crippen molar-refractivity contribution in [1.82, 2.24) is 4.90 Å². The first kappa shape index (κ1) is 14.7. The Hall–Kier alpha value is -1.72. The molecule has 108 valence electrons. The fraction of sp³-hybridized carbons (Fsp3) is 0.467. The molecule has 1 unspecified atom stereocenters. The van der Waals surface area contributed by atoms with Crippen LogP contribution >= 0.6 is 0 Å². The molecule has 1 atom stereocenters. The molecule has 20 heavy (non-hydrogen) atoms. The molecule has 0 aromatic heterocycles. The van der Waals surface area contributed by atoms with Gasteiger partial charge in [0.1, 0.15) is 0 Å². The molecule has 2 rings (SSSR count). The van der Waals surface area contributed by atoms with Crippen molar-refractivity contribution in [2.45, 2.75) is 19.4 Å². The maximum absolute atomic E-state index is 12.1. The summed E-state index contributed by atoms with van der Waals surface area (Å²) in [6.07, 6.45) is 0.918. The second kappa shape index (κ2) is 6.63. The van der Waals surface area contributed by atoms with Gasteiger partial charge < -0.3 is 9.47 Å². The second-order valence-electron chi connectivity index (χ2n) is 4.65. The normalized spacial score (nSPS) is 15.6. The van der Waals surface area contributed by atoms with Crippen LogP contribution in [0.25, 0.3) is 0 Å². The monoisotopic (exact) mass is 277 g/mol. The van der Waals surface area contributed by atoms with Crippen molar-refractivity contribution in [1.29, 1.82) is 0 Å². The Morgan fingerprint density at radius 3 is 2.25 bits per heavy atom. The molecule has 2 amide bonds. The van der Waals surface area contributed by atoms with E-state index in [9.17, 15) is 9.59 Å². The Bertz CT molecular complexity index is 461. The van der Waals surface area contributed by atoms with Gasteiger partial charge in [-0.25, -0.2) is 0 Å². The smallest absolute Gasteiger partial charge is 0.261 e. The molecule has 1 aromatic carbocycles. The molecule has 0 fully saturated rings. The molecule has 0 spiro atoms. The van der Waals surface area contributed by atoms with Gasteiger partial charge >= 0.3 is 0 Å². The molecule has 1 aromatic rings. The number of hydrogen-bond donors (Lipinski definition) is 0. The molecular weight excluding hydrogens is 258 g/mol. The lowest BCUT2D eigenvalue weighted by Gasteiger charge is -2.16. The van der Waals surface area contributed by atoms with E-state index >= 15 is 0 Å². The molecule has 5 heteroatoms. The summed E-state index contributed by atoms with van der Waals surface area (Å²) in [5.74, 6) is -0.485. The number of hydrogen-bond acceptors (Lipinski definition) is 4. The number of imide groups is 1. The maximum Gasteiger partial charge on any atom is 0.261 e. The van der Waals surface area contributed by atoms with Gasteiger partial charge in [0.25, 0.3) is 11.8 Å². The number of carbonyl (C=O) groups excluding carboxylic acids is 2. The number of nitrogens with zero attached hydrogens (tertiary/aromatic N) is 1. The first-order valence-corrected chi connectivity index (χ1v) is 6.74. The number of methoxy groups -OCH3 is 1. The number of benzene rings is 1. The van der Waals surface area contributed by atoms with Crippen LogP contribution in [0.4, 0.5) is 0 Å². The van der Waals surface area contributed by atoms with Gasteiger partial charge in [0.05, 0.1) is 37.0 Å². The summed E-state index contributed by atoms with van der Waals surface area (Å²) in [6, 6.07) is 6.87. The highest BCUT2D eigenvalue weighted by Crippen LogP contribution is 2.21. The SMILES string of the molecule is CCC(COCCN1C(=O)c2ccccc2C1=O)OC.